The van der Waals surface area contributed by atoms with Crippen LogP contribution in [0.1, 0.15) is 64.9 Å². The van der Waals surface area contributed by atoms with E-state index >= 15 is 0 Å². The van der Waals surface area contributed by atoms with Crippen LogP contribution < -0.4 is 16.0 Å². The molecule has 1 aromatic carbocycles. The number of anilines is 1. The van der Waals surface area contributed by atoms with Crippen molar-refractivity contribution in [3.8, 4) is 0 Å². The number of hydrogen-bond acceptors (Lipinski definition) is 5. The number of carbonyl (C=O) groups is 5. The van der Waals surface area contributed by atoms with Crippen molar-refractivity contribution < 1.29 is 24.0 Å². The fourth-order valence-electron chi connectivity index (χ4n) is 3.95. The first-order valence-corrected chi connectivity index (χ1v) is 12.5. The van der Waals surface area contributed by atoms with E-state index < -0.39 is 5.91 Å². The van der Waals surface area contributed by atoms with Crippen LogP contribution in [0.4, 0.5) is 5.69 Å². The third-order valence-electron chi connectivity index (χ3n) is 6.75. The summed E-state index contributed by atoms with van der Waals surface area (Å²) in [5.41, 5.74) is 1.34. The van der Waals surface area contributed by atoms with E-state index in [9.17, 15) is 24.0 Å². The second kappa shape index (κ2) is 13.8. The molecule has 10 heteroatoms. The van der Waals surface area contributed by atoms with Crippen LogP contribution in [0.5, 0.6) is 0 Å². The van der Waals surface area contributed by atoms with Crippen LogP contribution in [0, 0.1) is 11.3 Å². The Kier molecular flexibility index (Phi) is 11.1. The normalized spacial score (nSPS) is 15.6. The molecule has 1 heterocycles. The lowest BCUT2D eigenvalue weighted by molar-refractivity contribution is -0.140. The summed E-state index contributed by atoms with van der Waals surface area (Å²) in [6, 6.07) is 7.07. The average Bonchev–Trinajstić information content (AvgIpc) is 3.15. The summed E-state index contributed by atoms with van der Waals surface area (Å²) in [6.07, 6.45) is 3.65. The van der Waals surface area contributed by atoms with E-state index in [4.69, 9.17) is 7.85 Å². The standard InChI is InChI=1S/C26H37BN4O5/c1-4-26(2,3)20-14-24(35)31(25(20)36)13-7-5-6-8-21(32)28-16-22(33)29-17-23(34)30-19-11-9-18(15-27)10-12-19/h9-12,20H,4-8,13-17H2,1-3H3,(H,28,32)(H,29,33)(H,30,34). The maximum absolute atomic E-state index is 12.6. The number of carbonyl (C=O) groups excluding carboxylic acids is 5. The molecule has 0 saturated carbocycles. The Balaban J connectivity index is 1.57. The van der Waals surface area contributed by atoms with Gasteiger partial charge in [0.1, 0.15) is 0 Å². The van der Waals surface area contributed by atoms with Crippen molar-refractivity contribution >= 4 is 43.1 Å². The minimum Gasteiger partial charge on any atom is -0.347 e. The Hall–Kier alpha value is -3.17. The van der Waals surface area contributed by atoms with E-state index in [1.165, 1.54) is 4.90 Å². The minimum absolute atomic E-state index is 0.0891. The number of benzene rings is 1. The number of amides is 5. The molecule has 1 atom stereocenters. The fourth-order valence-corrected chi connectivity index (χ4v) is 3.95. The molecule has 3 N–H and O–H groups in total. The highest BCUT2D eigenvalue weighted by Crippen LogP contribution is 2.38. The Morgan fingerprint density at radius 1 is 0.972 bits per heavy atom. The van der Waals surface area contributed by atoms with E-state index in [2.05, 4.69) is 16.0 Å². The zero-order chi connectivity index (χ0) is 26.7. The van der Waals surface area contributed by atoms with Crippen molar-refractivity contribution in [2.24, 2.45) is 11.3 Å². The quantitative estimate of drug-likeness (QED) is 0.206. The Labute approximate surface area is 214 Å². The molecular weight excluding hydrogens is 459 g/mol. The van der Waals surface area contributed by atoms with Crippen molar-refractivity contribution in [3.63, 3.8) is 0 Å². The molecule has 1 aliphatic heterocycles. The van der Waals surface area contributed by atoms with E-state index in [-0.39, 0.29) is 60.9 Å². The highest BCUT2D eigenvalue weighted by Gasteiger charge is 2.45. The molecule has 0 aromatic heterocycles. The lowest BCUT2D eigenvalue weighted by Gasteiger charge is -2.28. The lowest BCUT2D eigenvalue weighted by Crippen LogP contribution is -2.40. The zero-order valence-electron chi connectivity index (χ0n) is 21.5. The van der Waals surface area contributed by atoms with Crippen molar-refractivity contribution in [2.75, 3.05) is 25.0 Å². The summed E-state index contributed by atoms with van der Waals surface area (Å²) in [4.78, 5) is 62.1. The van der Waals surface area contributed by atoms with Crippen molar-refractivity contribution in [3.05, 3.63) is 29.8 Å². The van der Waals surface area contributed by atoms with Crippen LogP contribution >= 0.6 is 0 Å². The van der Waals surface area contributed by atoms with Gasteiger partial charge < -0.3 is 16.0 Å². The molecule has 1 fully saturated rings. The maximum Gasteiger partial charge on any atom is 0.243 e. The van der Waals surface area contributed by atoms with E-state index in [1.807, 2.05) is 20.8 Å². The number of nitrogens with zero attached hydrogens (tertiary/aromatic N) is 1. The number of imide groups is 1. The molecule has 9 nitrogen and oxygen atoms in total. The van der Waals surface area contributed by atoms with Gasteiger partial charge >= 0.3 is 0 Å². The predicted molar refractivity (Wildman–Crippen MR) is 138 cm³/mol. The van der Waals surface area contributed by atoms with Gasteiger partial charge in [0.15, 0.2) is 0 Å². The second-order valence-electron chi connectivity index (χ2n) is 9.80. The van der Waals surface area contributed by atoms with Crippen molar-refractivity contribution in [1.82, 2.24) is 15.5 Å². The molecule has 2 radical (unpaired) electrons. The van der Waals surface area contributed by atoms with Crippen molar-refractivity contribution in [1.29, 1.82) is 0 Å². The van der Waals surface area contributed by atoms with Crippen LogP contribution in [-0.4, -0.2) is 61.9 Å². The van der Waals surface area contributed by atoms with Gasteiger partial charge in [0.2, 0.25) is 29.5 Å². The first-order chi connectivity index (χ1) is 17.1. The molecule has 194 valence electrons. The molecule has 0 bridgehead atoms. The summed E-state index contributed by atoms with van der Waals surface area (Å²) >= 11 is 0. The highest BCUT2D eigenvalue weighted by molar-refractivity contribution is 6.08. The smallest absolute Gasteiger partial charge is 0.243 e. The molecule has 2 rings (SSSR count). The maximum atomic E-state index is 12.6. The Morgan fingerprint density at radius 3 is 2.25 bits per heavy atom. The van der Waals surface area contributed by atoms with Gasteiger partial charge in [-0.2, -0.15) is 0 Å². The molecule has 1 saturated heterocycles. The number of rotatable bonds is 14. The molecule has 5 amide bonds. The van der Waals surface area contributed by atoms with Gasteiger partial charge in [-0.25, -0.2) is 0 Å². The third-order valence-corrected chi connectivity index (χ3v) is 6.75. The largest absolute Gasteiger partial charge is 0.347 e. The number of likely N-dealkylation sites (tertiary alicyclic amines) is 1. The van der Waals surface area contributed by atoms with E-state index in [1.54, 1.807) is 24.3 Å². The van der Waals surface area contributed by atoms with E-state index in [0.29, 0.717) is 37.8 Å². The fraction of sp³-hybridized carbons (Fsp3) is 0.577. The molecule has 1 aliphatic rings. The van der Waals surface area contributed by atoms with Gasteiger partial charge in [-0.05, 0) is 30.4 Å². The third kappa shape index (κ3) is 8.80. The summed E-state index contributed by atoms with van der Waals surface area (Å²) in [5.74, 6) is -1.59. The van der Waals surface area contributed by atoms with Crippen LogP contribution in [0.3, 0.4) is 0 Å². The zero-order valence-corrected chi connectivity index (χ0v) is 21.5. The summed E-state index contributed by atoms with van der Waals surface area (Å²) in [6.45, 7) is 6.00. The topological polar surface area (TPSA) is 125 Å². The molecule has 36 heavy (non-hydrogen) atoms. The van der Waals surface area contributed by atoms with Gasteiger partial charge in [0, 0.05) is 25.1 Å². The molecule has 0 aliphatic carbocycles. The van der Waals surface area contributed by atoms with E-state index in [0.717, 1.165) is 12.0 Å². The first kappa shape index (κ1) is 29.1. The van der Waals surface area contributed by atoms with Gasteiger partial charge in [-0.1, -0.05) is 57.6 Å². The molecule has 0 spiro atoms. The average molecular weight is 496 g/mol. The van der Waals surface area contributed by atoms with Crippen LogP contribution in [0.2, 0.25) is 0 Å². The van der Waals surface area contributed by atoms with Gasteiger partial charge in [-0.3, -0.25) is 28.9 Å². The highest BCUT2D eigenvalue weighted by atomic mass is 16.2. The molecule has 1 aromatic rings. The Bertz CT molecular complexity index is 948. The molecular formula is C26H37BN4O5. The minimum atomic E-state index is -0.465. The van der Waals surface area contributed by atoms with Crippen LogP contribution in [0.25, 0.3) is 0 Å². The summed E-state index contributed by atoms with van der Waals surface area (Å²) < 4.78 is 0. The number of unbranched alkanes of at least 4 members (excludes halogenated alkanes) is 2. The SMILES string of the molecule is [B]Cc1ccc(NC(=O)CNC(=O)CNC(=O)CCCCCN2C(=O)CC(C(C)(C)CC)C2=O)cc1. The van der Waals surface area contributed by atoms with Crippen molar-refractivity contribution in [2.45, 2.75) is 65.6 Å². The van der Waals surface area contributed by atoms with Gasteiger partial charge in [0.05, 0.1) is 26.9 Å². The predicted octanol–water partition coefficient (Wildman–Crippen LogP) is 1.90. The first-order valence-electron chi connectivity index (χ1n) is 12.5. The van der Waals surface area contributed by atoms with Gasteiger partial charge in [-0.15, -0.1) is 0 Å². The number of nitrogens with one attached hydrogen (secondary N) is 3. The van der Waals surface area contributed by atoms with Crippen LogP contribution in [0.15, 0.2) is 24.3 Å². The van der Waals surface area contributed by atoms with Gasteiger partial charge in [0.25, 0.3) is 0 Å². The lowest BCUT2D eigenvalue weighted by atomic mass is 9.76. The summed E-state index contributed by atoms with van der Waals surface area (Å²) in [7, 11) is 5.54. The molecule has 1 unspecified atom stereocenters. The Morgan fingerprint density at radius 2 is 1.61 bits per heavy atom. The number of hydrogen-bond donors (Lipinski definition) is 3. The summed E-state index contributed by atoms with van der Waals surface area (Å²) in [5, 5.41) is 7.65. The second-order valence-corrected chi connectivity index (χ2v) is 9.80. The van der Waals surface area contributed by atoms with Crippen LogP contribution in [-0.2, 0) is 30.3 Å². The monoisotopic (exact) mass is 496 g/mol.